The Hall–Kier alpha value is -1.30. The molecule has 5 nitrogen and oxygen atoms in total. The third-order valence-corrected chi connectivity index (χ3v) is 2.55. The number of carbonyl (C=O) groups excluding carboxylic acids is 1. The first-order valence-electron chi connectivity index (χ1n) is 5.73. The van der Waals surface area contributed by atoms with E-state index in [1.54, 1.807) is 26.2 Å². The molecule has 1 rings (SSSR count). The maximum Gasteiger partial charge on any atom is 0.344 e. The van der Waals surface area contributed by atoms with Crippen LogP contribution in [0.2, 0.25) is 5.02 Å². The second kappa shape index (κ2) is 7.99. The summed E-state index contributed by atoms with van der Waals surface area (Å²) in [5.74, 6) is -0.154. The first-order valence-corrected chi connectivity index (χ1v) is 6.11. The number of carbonyl (C=O) groups is 1. The van der Waals surface area contributed by atoms with Gasteiger partial charge in [0.25, 0.3) is 0 Å². The molecule has 106 valence electrons. The summed E-state index contributed by atoms with van der Waals surface area (Å²) in [6, 6.07) is 4.75. The molecule has 0 spiro atoms. The molecule has 0 fully saturated rings. The summed E-state index contributed by atoms with van der Waals surface area (Å²) in [6.07, 6.45) is -0.640. The number of ether oxygens (including phenoxy) is 4. The van der Waals surface area contributed by atoms with E-state index >= 15 is 0 Å². The molecule has 0 N–H and O–H groups in total. The quantitative estimate of drug-likeness (QED) is 0.438. The van der Waals surface area contributed by atoms with Crippen LogP contribution in [0.5, 0.6) is 5.75 Å². The molecule has 1 atom stereocenters. The second-order valence-electron chi connectivity index (χ2n) is 3.69. The minimum absolute atomic E-state index is 0.257. The average molecular weight is 289 g/mol. The number of methoxy groups -OCH3 is 2. The lowest BCUT2D eigenvalue weighted by Gasteiger charge is -2.14. The largest absolute Gasteiger partial charge is 0.490 e. The molecule has 1 aromatic carbocycles. The first-order chi connectivity index (χ1) is 9.08. The van der Waals surface area contributed by atoms with Crippen LogP contribution in [0.4, 0.5) is 0 Å². The highest BCUT2D eigenvalue weighted by atomic mass is 35.5. The van der Waals surface area contributed by atoms with Gasteiger partial charge in [-0.1, -0.05) is 11.6 Å². The van der Waals surface area contributed by atoms with Crippen molar-refractivity contribution in [2.75, 3.05) is 27.4 Å². The zero-order chi connectivity index (χ0) is 14.3. The lowest BCUT2D eigenvalue weighted by atomic mass is 10.2. The van der Waals surface area contributed by atoms with Crippen molar-refractivity contribution in [3.63, 3.8) is 0 Å². The fourth-order valence-electron chi connectivity index (χ4n) is 1.28. The highest BCUT2D eigenvalue weighted by Gasteiger charge is 2.17. The van der Waals surface area contributed by atoms with Crippen molar-refractivity contribution in [1.29, 1.82) is 0 Å². The number of halogens is 1. The Morgan fingerprint density at radius 3 is 2.68 bits per heavy atom. The second-order valence-corrected chi connectivity index (χ2v) is 4.13. The van der Waals surface area contributed by atoms with Gasteiger partial charge in [0.1, 0.15) is 17.9 Å². The van der Waals surface area contributed by atoms with E-state index in [0.717, 1.165) is 0 Å². The van der Waals surface area contributed by atoms with Gasteiger partial charge in [-0.15, -0.1) is 0 Å². The molecule has 0 radical (unpaired) electrons. The van der Waals surface area contributed by atoms with Gasteiger partial charge in [-0.25, -0.2) is 4.79 Å². The molecule has 0 aliphatic rings. The summed E-state index contributed by atoms with van der Waals surface area (Å²) in [6.45, 7) is 2.37. The standard InChI is InChI=1S/C13H17ClO5/c1-9(17-3)19-13(15)11-8-10(14)4-5-12(11)18-7-6-16-2/h4-5,8-9H,6-7H2,1-3H3. The van der Waals surface area contributed by atoms with Crippen molar-refractivity contribution in [2.24, 2.45) is 0 Å². The Morgan fingerprint density at radius 2 is 2.05 bits per heavy atom. The van der Waals surface area contributed by atoms with Crippen LogP contribution in [0.1, 0.15) is 17.3 Å². The third kappa shape index (κ3) is 5.06. The van der Waals surface area contributed by atoms with Crippen molar-refractivity contribution >= 4 is 17.6 Å². The average Bonchev–Trinajstić information content (AvgIpc) is 2.40. The highest BCUT2D eigenvalue weighted by Crippen LogP contribution is 2.24. The van der Waals surface area contributed by atoms with Crippen LogP contribution in [0, 0.1) is 0 Å². The van der Waals surface area contributed by atoms with Gasteiger partial charge in [-0.05, 0) is 25.1 Å². The van der Waals surface area contributed by atoms with Crippen LogP contribution < -0.4 is 4.74 Å². The maximum atomic E-state index is 11.9. The molecule has 6 heteroatoms. The SMILES string of the molecule is COCCOc1ccc(Cl)cc1C(=O)OC(C)OC. The minimum Gasteiger partial charge on any atom is -0.490 e. The summed E-state index contributed by atoms with van der Waals surface area (Å²) >= 11 is 5.87. The van der Waals surface area contributed by atoms with E-state index in [-0.39, 0.29) is 5.56 Å². The van der Waals surface area contributed by atoms with Crippen molar-refractivity contribution in [1.82, 2.24) is 0 Å². The number of hydrogen-bond acceptors (Lipinski definition) is 5. The molecular formula is C13H17ClO5. The van der Waals surface area contributed by atoms with Gasteiger partial charge in [-0.2, -0.15) is 0 Å². The van der Waals surface area contributed by atoms with Crippen molar-refractivity contribution in [2.45, 2.75) is 13.2 Å². The first kappa shape index (κ1) is 15.8. The molecule has 0 amide bonds. The Bertz CT molecular complexity index is 421. The van der Waals surface area contributed by atoms with Crippen LogP contribution in [-0.4, -0.2) is 39.7 Å². The number of hydrogen-bond donors (Lipinski definition) is 0. The molecule has 0 heterocycles. The van der Waals surface area contributed by atoms with E-state index in [2.05, 4.69) is 0 Å². The number of rotatable bonds is 7. The van der Waals surface area contributed by atoms with Crippen LogP contribution in [-0.2, 0) is 14.2 Å². The van der Waals surface area contributed by atoms with Crippen molar-refractivity contribution < 1.29 is 23.7 Å². The fraction of sp³-hybridized carbons (Fsp3) is 0.462. The van der Waals surface area contributed by atoms with Gasteiger partial charge in [0.15, 0.2) is 6.29 Å². The van der Waals surface area contributed by atoms with Crippen LogP contribution in [0.15, 0.2) is 18.2 Å². The fourth-order valence-corrected chi connectivity index (χ4v) is 1.46. The number of benzene rings is 1. The van der Waals surface area contributed by atoms with Crippen LogP contribution >= 0.6 is 11.6 Å². The van der Waals surface area contributed by atoms with Gasteiger partial charge >= 0.3 is 5.97 Å². The molecule has 0 aromatic heterocycles. The van der Waals surface area contributed by atoms with E-state index < -0.39 is 12.3 Å². The third-order valence-electron chi connectivity index (χ3n) is 2.31. The zero-order valence-electron chi connectivity index (χ0n) is 11.1. The Kier molecular flexibility index (Phi) is 6.62. The highest BCUT2D eigenvalue weighted by molar-refractivity contribution is 6.31. The zero-order valence-corrected chi connectivity index (χ0v) is 11.9. The Balaban J connectivity index is 2.83. The molecule has 1 aromatic rings. The topological polar surface area (TPSA) is 54.0 Å². The molecule has 0 bridgehead atoms. The predicted molar refractivity (Wildman–Crippen MR) is 70.7 cm³/mol. The van der Waals surface area contributed by atoms with E-state index in [1.165, 1.54) is 13.2 Å². The lowest BCUT2D eigenvalue weighted by Crippen LogP contribution is -2.17. The smallest absolute Gasteiger partial charge is 0.344 e. The summed E-state index contributed by atoms with van der Waals surface area (Å²) in [5.41, 5.74) is 0.257. The maximum absolute atomic E-state index is 11.9. The number of esters is 1. The normalized spacial score (nSPS) is 12.0. The van der Waals surface area contributed by atoms with Crippen LogP contribution in [0.3, 0.4) is 0 Å². The van der Waals surface area contributed by atoms with E-state index in [1.807, 2.05) is 0 Å². The van der Waals surface area contributed by atoms with Gasteiger partial charge in [0, 0.05) is 19.2 Å². The molecule has 19 heavy (non-hydrogen) atoms. The Labute approximate surface area is 117 Å². The van der Waals surface area contributed by atoms with E-state index in [4.69, 9.17) is 30.5 Å². The summed E-state index contributed by atoms with van der Waals surface area (Å²) < 4.78 is 20.3. The van der Waals surface area contributed by atoms with Crippen molar-refractivity contribution in [3.05, 3.63) is 28.8 Å². The van der Waals surface area contributed by atoms with Gasteiger partial charge < -0.3 is 18.9 Å². The summed E-state index contributed by atoms with van der Waals surface area (Å²) in [5, 5.41) is 0.427. The van der Waals surface area contributed by atoms with Crippen molar-refractivity contribution in [3.8, 4) is 5.75 Å². The van der Waals surface area contributed by atoms with Gasteiger partial charge in [0.05, 0.1) is 6.61 Å². The van der Waals surface area contributed by atoms with Crippen LogP contribution in [0.25, 0.3) is 0 Å². The van der Waals surface area contributed by atoms with Gasteiger partial charge in [0.2, 0.25) is 0 Å². The van der Waals surface area contributed by atoms with E-state index in [9.17, 15) is 4.79 Å². The summed E-state index contributed by atoms with van der Waals surface area (Å²) in [4.78, 5) is 11.9. The monoisotopic (exact) mass is 288 g/mol. The van der Waals surface area contributed by atoms with Gasteiger partial charge in [-0.3, -0.25) is 0 Å². The molecular weight excluding hydrogens is 272 g/mol. The van der Waals surface area contributed by atoms with E-state index in [0.29, 0.717) is 24.0 Å². The molecule has 0 saturated heterocycles. The summed E-state index contributed by atoms with van der Waals surface area (Å²) in [7, 11) is 3.02. The molecule has 0 aliphatic carbocycles. The minimum atomic E-state index is -0.640. The predicted octanol–water partition coefficient (Wildman–Crippen LogP) is 2.51. The lowest BCUT2D eigenvalue weighted by molar-refractivity contribution is -0.0774. The molecule has 0 aliphatic heterocycles. The Morgan fingerprint density at radius 1 is 1.32 bits per heavy atom. The molecule has 1 unspecified atom stereocenters. The molecule has 0 saturated carbocycles.